The Hall–Kier alpha value is -1.35. The zero-order valence-electron chi connectivity index (χ0n) is 9.61. The van der Waals surface area contributed by atoms with Gasteiger partial charge in [0.2, 0.25) is 0 Å². The molecule has 0 atom stereocenters. The van der Waals surface area contributed by atoms with Crippen LogP contribution in [0.5, 0.6) is 0 Å². The van der Waals surface area contributed by atoms with Crippen molar-refractivity contribution in [2.45, 2.75) is 33.2 Å². The first kappa shape index (κ1) is 11.7. The van der Waals surface area contributed by atoms with Gasteiger partial charge < -0.3 is 0 Å². The Morgan fingerprint density at radius 1 is 1.40 bits per heavy atom. The fourth-order valence-electron chi connectivity index (χ4n) is 1.10. The van der Waals surface area contributed by atoms with Crippen molar-refractivity contribution in [1.29, 1.82) is 0 Å². The first-order chi connectivity index (χ1) is 6.82. The third kappa shape index (κ3) is 2.80. The molecule has 0 radical (unpaired) electrons. The number of hydroxylamine groups is 2. The second-order valence-corrected chi connectivity index (χ2v) is 4.64. The van der Waals surface area contributed by atoms with E-state index in [2.05, 4.69) is 0 Å². The molecule has 0 heterocycles. The highest BCUT2D eigenvalue weighted by Gasteiger charge is 2.19. The summed E-state index contributed by atoms with van der Waals surface area (Å²) in [7, 11) is 0. The maximum absolute atomic E-state index is 11.7. The number of allylic oxidation sites excluding steroid dienone is 5. The van der Waals surface area contributed by atoms with Gasteiger partial charge in [-0.25, -0.2) is 0 Å². The van der Waals surface area contributed by atoms with E-state index < -0.39 is 5.54 Å². The highest BCUT2D eigenvalue weighted by atomic mass is 16.5. The van der Waals surface area contributed by atoms with Crippen LogP contribution in [0, 0.1) is 0 Å². The van der Waals surface area contributed by atoms with Crippen molar-refractivity contribution in [2.24, 2.45) is 0 Å². The van der Waals surface area contributed by atoms with Crippen molar-refractivity contribution >= 4 is 5.78 Å². The minimum Gasteiger partial charge on any atom is -0.289 e. The van der Waals surface area contributed by atoms with Gasteiger partial charge >= 0.3 is 0 Å². The molecular weight excluding hydrogens is 190 g/mol. The maximum Gasteiger partial charge on any atom is 0.190 e. The molecule has 3 nitrogen and oxygen atoms in total. The Morgan fingerprint density at radius 3 is 2.53 bits per heavy atom. The van der Waals surface area contributed by atoms with Gasteiger partial charge in [-0.2, -0.15) is 0 Å². The van der Waals surface area contributed by atoms with Gasteiger partial charge in [-0.15, -0.1) is 0 Å². The van der Waals surface area contributed by atoms with Crippen molar-refractivity contribution in [3.63, 3.8) is 0 Å². The maximum atomic E-state index is 11.7. The summed E-state index contributed by atoms with van der Waals surface area (Å²) in [6.45, 7) is 7.36. The summed E-state index contributed by atoms with van der Waals surface area (Å²) in [5.74, 6) is -0.0409. The number of ketones is 1. The SMILES string of the molecule is CC1=CC=C/C(=C/N(O)C(C)(C)C)C1=O. The van der Waals surface area contributed by atoms with E-state index in [9.17, 15) is 10.0 Å². The van der Waals surface area contributed by atoms with Crippen LogP contribution in [0.1, 0.15) is 27.7 Å². The average molecular weight is 207 g/mol. The second-order valence-electron chi connectivity index (χ2n) is 4.64. The first-order valence-electron chi connectivity index (χ1n) is 4.92. The van der Waals surface area contributed by atoms with Gasteiger partial charge in [-0.3, -0.25) is 15.1 Å². The summed E-state index contributed by atoms with van der Waals surface area (Å²) in [4.78, 5) is 11.7. The van der Waals surface area contributed by atoms with E-state index in [-0.39, 0.29) is 5.78 Å². The molecule has 1 rings (SSSR count). The first-order valence-corrected chi connectivity index (χ1v) is 4.92. The van der Waals surface area contributed by atoms with Crippen LogP contribution in [-0.4, -0.2) is 21.6 Å². The van der Waals surface area contributed by atoms with Crippen molar-refractivity contribution < 1.29 is 10.0 Å². The fraction of sp³-hybridized carbons (Fsp3) is 0.417. The zero-order chi connectivity index (χ0) is 11.6. The molecule has 0 unspecified atom stereocenters. The van der Waals surface area contributed by atoms with E-state index in [1.165, 1.54) is 6.20 Å². The van der Waals surface area contributed by atoms with Crippen molar-refractivity contribution in [3.05, 3.63) is 35.6 Å². The lowest BCUT2D eigenvalue weighted by atomic mass is 10.00. The molecule has 0 amide bonds. The highest BCUT2D eigenvalue weighted by molar-refractivity contribution is 6.10. The van der Waals surface area contributed by atoms with Gasteiger partial charge in [0, 0.05) is 11.8 Å². The van der Waals surface area contributed by atoms with Crippen LogP contribution in [-0.2, 0) is 4.79 Å². The molecule has 1 aliphatic rings. The van der Waals surface area contributed by atoms with Gasteiger partial charge in [0.1, 0.15) is 0 Å². The predicted molar refractivity (Wildman–Crippen MR) is 59.4 cm³/mol. The molecule has 0 bridgehead atoms. The standard InChI is InChI=1S/C12H17NO2/c1-9-6-5-7-10(11(9)14)8-13(15)12(2,3)4/h5-8,15H,1-4H3/b10-8-. The molecule has 82 valence electrons. The largest absolute Gasteiger partial charge is 0.289 e. The number of rotatable bonds is 1. The smallest absolute Gasteiger partial charge is 0.190 e. The van der Waals surface area contributed by atoms with Crippen LogP contribution >= 0.6 is 0 Å². The molecule has 0 spiro atoms. The second kappa shape index (κ2) is 4.03. The summed E-state index contributed by atoms with van der Waals surface area (Å²) in [5, 5.41) is 10.8. The molecular formula is C12H17NO2. The Morgan fingerprint density at radius 2 is 2.00 bits per heavy atom. The number of hydrogen-bond acceptors (Lipinski definition) is 3. The Balaban J connectivity index is 2.91. The third-order valence-electron chi connectivity index (χ3n) is 2.19. The zero-order valence-corrected chi connectivity index (χ0v) is 9.61. The van der Waals surface area contributed by atoms with Gasteiger partial charge in [-0.05, 0) is 39.3 Å². The summed E-state index contributed by atoms with van der Waals surface area (Å²) < 4.78 is 0. The lowest BCUT2D eigenvalue weighted by Gasteiger charge is -2.28. The third-order valence-corrected chi connectivity index (χ3v) is 2.19. The molecule has 1 N–H and O–H groups in total. The van der Waals surface area contributed by atoms with Crippen LogP contribution in [0.2, 0.25) is 0 Å². The molecule has 0 saturated carbocycles. The average Bonchev–Trinajstić information content (AvgIpc) is 2.11. The molecule has 15 heavy (non-hydrogen) atoms. The van der Waals surface area contributed by atoms with Crippen molar-refractivity contribution in [1.82, 2.24) is 5.06 Å². The predicted octanol–water partition coefficient (Wildman–Crippen LogP) is 2.45. The van der Waals surface area contributed by atoms with E-state index in [0.717, 1.165) is 5.06 Å². The Kier molecular flexibility index (Phi) is 3.15. The summed E-state index contributed by atoms with van der Waals surface area (Å²) in [5.41, 5.74) is 0.786. The minimum atomic E-state index is -0.407. The van der Waals surface area contributed by atoms with E-state index in [0.29, 0.717) is 11.1 Å². The van der Waals surface area contributed by atoms with E-state index in [1.54, 1.807) is 25.2 Å². The molecule has 1 aliphatic carbocycles. The van der Waals surface area contributed by atoms with E-state index in [4.69, 9.17) is 0 Å². The molecule has 0 aliphatic heterocycles. The van der Waals surface area contributed by atoms with Gasteiger partial charge in [0.15, 0.2) is 5.78 Å². The topological polar surface area (TPSA) is 40.5 Å². The molecule has 0 saturated heterocycles. The summed E-state index contributed by atoms with van der Waals surface area (Å²) in [6, 6.07) is 0. The number of carbonyl (C=O) groups is 1. The molecule has 0 aromatic rings. The van der Waals surface area contributed by atoms with Crippen LogP contribution in [0.4, 0.5) is 0 Å². The molecule has 0 aromatic heterocycles. The van der Waals surface area contributed by atoms with Gasteiger partial charge in [0.05, 0.1) is 5.54 Å². The number of carbonyl (C=O) groups excluding carboxylic acids is 1. The lowest BCUT2D eigenvalue weighted by molar-refractivity contribution is -0.117. The van der Waals surface area contributed by atoms with E-state index >= 15 is 0 Å². The molecule has 3 heteroatoms. The molecule has 0 fully saturated rings. The highest BCUT2D eigenvalue weighted by Crippen LogP contribution is 2.17. The van der Waals surface area contributed by atoms with Gasteiger partial charge in [0.25, 0.3) is 0 Å². The van der Waals surface area contributed by atoms with Crippen molar-refractivity contribution in [3.8, 4) is 0 Å². The minimum absolute atomic E-state index is 0.0409. The van der Waals surface area contributed by atoms with Crippen LogP contribution in [0.15, 0.2) is 35.6 Å². The Bertz CT molecular complexity index is 356. The fourth-order valence-corrected chi connectivity index (χ4v) is 1.10. The van der Waals surface area contributed by atoms with Gasteiger partial charge in [-0.1, -0.05) is 12.2 Å². The summed E-state index contributed by atoms with van der Waals surface area (Å²) >= 11 is 0. The van der Waals surface area contributed by atoms with E-state index in [1.807, 2.05) is 20.8 Å². The normalized spacial score (nSPS) is 19.4. The number of nitrogens with zero attached hydrogens (tertiary/aromatic N) is 1. The number of hydrogen-bond donors (Lipinski definition) is 1. The monoisotopic (exact) mass is 207 g/mol. The lowest BCUT2D eigenvalue weighted by Crippen LogP contribution is -2.35. The summed E-state index contributed by atoms with van der Waals surface area (Å²) in [6.07, 6.45) is 6.73. The number of Topliss-reactive ketones (excluding diaryl/α,β-unsaturated/α-hetero) is 1. The van der Waals surface area contributed by atoms with Crippen LogP contribution in [0.25, 0.3) is 0 Å². The van der Waals surface area contributed by atoms with Crippen LogP contribution < -0.4 is 0 Å². The van der Waals surface area contributed by atoms with Crippen LogP contribution in [0.3, 0.4) is 0 Å². The Labute approximate surface area is 90.3 Å². The molecule has 0 aromatic carbocycles. The van der Waals surface area contributed by atoms with Crippen molar-refractivity contribution in [2.75, 3.05) is 0 Å². The quantitative estimate of drug-likeness (QED) is 0.530.